The number of nitrogens with one attached hydrogen (secondary N) is 3. The van der Waals surface area contributed by atoms with Crippen LogP contribution in [0.3, 0.4) is 0 Å². The number of fused-ring (bicyclic) bond motifs is 1. The van der Waals surface area contributed by atoms with E-state index in [-0.39, 0.29) is 18.2 Å². The number of H-pyrrole nitrogens is 1. The molecule has 4 rings (SSSR count). The number of para-hydroxylation sites is 1. The highest BCUT2D eigenvalue weighted by molar-refractivity contribution is 5.94. The number of hydrogen-bond acceptors (Lipinski definition) is 4. The van der Waals surface area contributed by atoms with E-state index in [1.807, 2.05) is 30.5 Å². The first kappa shape index (κ1) is 20.1. The van der Waals surface area contributed by atoms with Gasteiger partial charge in [-0.2, -0.15) is 10.2 Å². The van der Waals surface area contributed by atoms with Crippen LogP contribution in [0.5, 0.6) is 0 Å². The number of carbonyl (C=O) groups is 2. The van der Waals surface area contributed by atoms with Gasteiger partial charge in [-0.05, 0) is 24.5 Å². The van der Waals surface area contributed by atoms with Crippen molar-refractivity contribution in [3.63, 3.8) is 0 Å². The van der Waals surface area contributed by atoms with Crippen LogP contribution < -0.4 is 10.6 Å². The SMILES string of the molecule is C#CCCC1(CCNC(=O)C2(NC(=O)Cc3c[nH]c4ccccc34)CCCC2)N=N1. The number of aromatic nitrogens is 1. The largest absolute Gasteiger partial charge is 0.361 e. The summed E-state index contributed by atoms with van der Waals surface area (Å²) in [5, 5.41) is 15.3. The van der Waals surface area contributed by atoms with Gasteiger partial charge in [-0.25, -0.2) is 0 Å². The van der Waals surface area contributed by atoms with E-state index in [4.69, 9.17) is 6.42 Å². The number of terminal acetylenes is 1. The Balaban J connectivity index is 1.34. The van der Waals surface area contributed by atoms with Crippen LogP contribution in [0.1, 0.15) is 50.5 Å². The summed E-state index contributed by atoms with van der Waals surface area (Å²) in [6, 6.07) is 7.89. The first-order valence-electron chi connectivity index (χ1n) is 10.6. The maximum absolute atomic E-state index is 13.0. The van der Waals surface area contributed by atoms with E-state index in [1.165, 1.54) is 0 Å². The number of carbonyl (C=O) groups excluding carboxylic acids is 2. The summed E-state index contributed by atoms with van der Waals surface area (Å²) in [5.41, 5.74) is 0.695. The molecule has 0 saturated heterocycles. The molecule has 1 fully saturated rings. The van der Waals surface area contributed by atoms with E-state index >= 15 is 0 Å². The summed E-state index contributed by atoms with van der Waals surface area (Å²) < 4.78 is 0. The second-order valence-electron chi connectivity index (χ2n) is 8.27. The molecular formula is C23H27N5O2. The normalized spacial score (nSPS) is 18.1. The van der Waals surface area contributed by atoms with Gasteiger partial charge in [0.05, 0.1) is 6.42 Å². The summed E-state index contributed by atoms with van der Waals surface area (Å²) in [6.45, 7) is 0.469. The van der Waals surface area contributed by atoms with Crippen LogP contribution in [0.15, 0.2) is 40.7 Å². The van der Waals surface area contributed by atoms with E-state index < -0.39 is 11.2 Å². The van der Waals surface area contributed by atoms with Gasteiger partial charge in [0.15, 0.2) is 5.66 Å². The third-order valence-electron chi connectivity index (χ3n) is 6.16. The molecule has 3 N–H and O–H groups in total. The average Bonchev–Trinajstić information content (AvgIpc) is 3.16. The van der Waals surface area contributed by atoms with Gasteiger partial charge in [-0.3, -0.25) is 9.59 Å². The van der Waals surface area contributed by atoms with Crippen LogP contribution in [0.25, 0.3) is 10.9 Å². The van der Waals surface area contributed by atoms with Crippen molar-refractivity contribution >= 4 is 22.7 Å². The minimum atomic E-state index is -0.826. The number of amides is 2. The molecule has 2 aliphatic rings. The number of benzene rings is 1. The topological polar surface area (TPSA) is 98.7 Å². The molecule has 1 aliphatic heterocycles. The van der Waals surface area contributed by atoms with Crippen LogP contribution in [-0.4, -0.2) is 34.5 Å². The maximum Gasteiger partial charge on any atom is 0.245 e. The molecule has 0 atom stereocenters. The molecule has 2 heterocycles. The lowest BCUT2D eigenvalue weighted by Gasteiger charge is -2.29. The highest BCUT2D eigenvalue weighted by Crippen LogP contribution is 2.36. The summed E-state index contributed by atoms with van der Waals surface area (Å²) in [4.78, 5) is 29.0. The zero-order valence-electron chi connectivity index (χ0n) is 17.0. The van der Waals surface area contributed by atoms with Crippen molar-refractivity contribution in [2.24, 2.45) is 10.2 Å². The van der Waals surface area contributed by atoms with Gasteiger partial charge < -0.3 is 15.6 Å². The predicted molar refractivity (Wildman–Crippen MR) is 115 cm³/mol. The standard InChI is InChI=1S/C23H27N5O2/c1-2-3-12-23(27-28-23)13-14-24-21(30)22(10-6-7-11-22)26-20(29)15-17-16-25-19-9-5-4-8-18(17)19/h1,4-5,8-9,16,25H,3,6-7,10-15H2,(H,24,30)(H,26,29). The molecule has 2 aromatic rings. The minimum absolute atomic E-state index is 0.111. The zero-order chi connectivity index (χ0) is 21.0. The highest BCUT2D eigenvalue weighted by atomic mass is 16.2. The molecule has 1 aliphatic carbocycles. The van der Waals surface area contributed by atoms with Crippen molar-refractivity contribution in [3.05, 3.63) is 36.0 Å². The molecule has 7 heteroatoms. The zero-order valence-corrected chi connectivity index (χ0v) is 17.0. The first-order valence-corrected chi connectivity index (χ1v) is 10.6. The van der Waals surface area contributed by atoms with Gasteiger partial charge in [0.1, 0.15) is 5.54 Å². The fourth-order valence-electron chi connectivity index (χ4n) is 4.36. The molecule has 1 aromatic carbocycles. The van der Waals surface area contributed by atoms with Crippen molar-refractivity contribution in [2.45, 2.75) is 62.6 Å². The molecule has 156 valence electrons. The van der Waals surface area contributed by atoms with Crippen LogP contribution in [0, 0.1) is 12.3 Å². The Bertz CT molecular complexity index is 1000. The van der Waals surface area contributed by atoms with Crippen LogP contribution >= 0.6 is 0 Å². The third-order valence-corrected chi connectivity index (χ3v) is 6.16. The predicted octanol–water partition coefficient (Wildman–Crippen LogP) is 3.22. The highest BCUT2D eigenvalue weighted by Gasteiger charge is 2.43. The van der Waals surface area contributed by atoms with Crippen molar-refractivity contribution in [1.82, 2.24) is 15.6 Å². The number of nitrogens with zero attached hydrogens (tertiary/aromatic N) is 2. The number of hydrogen-bond donors (Lipinski definition) is 3. The van der Waals surface area contributed by atoms with Crippen LogP contribution in [-0.2, 0) is 16.0 Å². The fourth-order valence-corrected chi connectivity index (χ4v) is 4.36. The monoisotopic (exact) mass is 405 g/mol. The summed E-state index contributed by atoms with van der Waals surface area (Å²) >= 11 is 0. The second kappa shape index (κ2) is 8.31. The maximum atomic E-state index is 13.0. The molecule has 1 saturated carbocycles. The van der Waals surface area contributed by atoms with Crippen molar-refractivity contribution in [2.75, 3.05) is 6.54 Å². The average molecular weight is 406 g/mol. The molecule has 0 bridgehead atoms. The summed E-state index contributed by atoms with van der Waals surface area (Å²) in [6.07, 6.45) is 12.6. The Labute approximate surface area is 176 Å². The van der Waals surface area contributed by atoms with Gasteiger partial charge in [-0.1, -0.05) is 31.0 Å². The summed E-state index contributed by atoms with van der Waals surface area (Å²) in [5.74, 6) is 2.37. The van der Waals surface area contributed by atoms with Crippen molar-refractivity contribution in [3.8, 4) is 12.3 Å². The van der Waals surface area contributed by atoms with Crippen LogP contribution in [0.4, 0.5) is 0 Å². The lowest BCUT2D eigenvalue weighted by molar-refractivity contribution is -0.133. The lowest BCUT2D eigenvalue weighted by atomic mass is 9.95. The van der Waals surface area contributed by atoms with E-state index in [9.17, 15) is 9.59 Å². The van der Waals surface area contributed by atoms with E-state index in [0.717, 1.165) is 29.3 Å². The van der Waals surface area contributed by atoms with E-state index in [0.29, 0.717) is 38.6 Å². The molecular weight excluding hydrogens is 378 g/mol. The Morgan fingerprint density at radius 3 is 2.67 bits per heavy atom. The molecule has 0 radical (unpaired) electrons. The molecule has 0 spiro atoms. The van der Waals surface area contributed by atoms with Gasteiger partial charge in [-0.15, -0.1) is 12.3 Å². The Hall–Kier alpha value is -3.14. The summed E-state index contributed by atoms with van der Waals surface area (Å²) in [7, 11) is 0. The molecule has 2 amide bonds. The fraction of sp³-hybridized carbons (Fsp3) is 0.478. The van der Waals surface area contributed by atoms with Gasteiger partial charge in [0, 0.05) is 42.9 Å². The molecule has 7 nitrogen and oxygen atoms in total. The molecule has 30 heavy (non-hydrogen) atoms. The minimum Gasteiger partial charge on any atom is -0.361 e. The smallest absolute Gasteiger partial charge is 0.245 e. The Kier molecular flexibility index (Phi) is 5.58. The first-order chi connectivity index (χ1) is 14.6. The van der Waals surface area contributed by atoms with Gasteiger partial charge >= 0.3 is 0 Å². The third kappa shape index (κ3) is 4.23. The van der Waals surface area contributed by atoms with Crippen molar-refractivity contribution in [1.29, 1.82) is 0 Å². The van der Waals surface area contributed by atoms with Crippen LogP contribution in [0.2, 0.25) is 0 Å². The van der Waals surface area contributed by atoms with Crippen molar-refractivity contribution < 1.29 is 9.59 Å². The Morgan fingerprint density at radius 2 is 1.93 bits per heavy atom. The molecule has 0 unspecified atom stereocenters. The van der Waals surface area contributed by atoms with E-state index in [1.54, 1.807) is 0 Å². The van der Waals surface area contributed by atoms with Gasteiger partial charge in [0.2, 0.25) is 11.8 Å². The van der Waals surface area contributed by atoms with Gasteiger partial charge in [0.25, 0.3) is 0 Å². The quantitative estimate of drug-likeness (QED) is 0.558. The Morgan fingerprint density at radius 1 is 1.17 bits per heavy atom. The second-order valence-corrected chi connectivity index (χ2v) is 8.27. The number of rotatable bonds is 9. The lowest BCUT2D eigenvalue weighted by Crippen LogP contribution is -2.57. The number of aromatic amines is 1. The molecule has 1 aromatic heterocycles. The van der Waals surface area contributed by atoms with E-state index in [2.05, 4.69) is 31.8 Å².